The lowest BCUT2D eigenvalue weighted by atomic mass is 9.77. The van der Waals surface area contributed by atoms with Crippen LogP contribution in [0.4, 0.5) is 0 Å². The first-order chi connectivity index (χ1) is 6.90. The molecule has 0 heterocycles. The van der Waals surface area contributed by atoms with Gasteiger partial charge in [-0.25, -0.2) is 0 Å². The summed E-state index contributed by atoms with van der Waals surface area (Å²) < 4.78 is 0. The van der Waals surface area contributed by atoms with Gasteiger partial charge >= 0.3 is 0 Å². The minimum atomic E-state index is 0.834. The monoisotopic (exact) mass is 212 g/mol. The van der Waals surface area contributed by atoms with Crippen molar-refractivity contribution in [1.82, 2.24) is 0 Å². The molecule has 0 heteroatoms. The summed E-state index contributed by atoms with van der Waals surface area (Å²) in [7, 11) is 0. The molecule has 0 fully saturated rings. The van der Waals surface area contributed by atoms with Gasteiger partial charge in [0.25, 0.3) is 0 Å². The SMILES string of the molecule is CCCC(C)C(C)C(C)CC(C)C(C)C. The molecule has 0 amide bonds. The average Bonchev–Trinajstić information content (AvgIpc) is 2.16. The molecule has 0 radical (unpaired) electrons. The van der Waals surface area contributed by atoms with Crippen LogP contribution in [0.15, 0.2) is 0 Å². The Morgan fingerprint density at radius 1 is 0.733 bits per heavy atom. The molecule has 0 aromatic rings. The van der Waals surface area contributed by atoms with Crippen LogP contribution in [0.25, 0.3) is 0 Å². The zero-order valence-corrected chi connectivity index (χ0v) is 12.0. The van der Waals surface area contributed by atoms with Crippen molar-refractivity contribution in [1.29, 1.82) is 0 Å². The van der Waals surface area contributed by atoms with Crippen molar-refractivity contribution in [3.05, 3.63) is 0 Å². The highest BCUT2D eigenvalue weighted by atomic mass is 14.3. The van der Waals surface area contributed by atoms with Gasteiger partial charge in [0.2, 0.25) is 0 Å². The lowest BCUT2D eigenvalue weighted by molar-refractivity contribution is 0.212. The van der Waals surface area contributed by atoms with E-state index in [1.54, 1.807) is 0 Å². The predicted molar refractivity (Wildman–Crippen MR) is 71.0 cm³/mol. The molecule has 0 bridgehead atoms. The first-order valence-electron chi connectivity index (χ1n) is 6.90. The maximum absolute atomic E-state index is 2.44. The summed E-state index contributed by atoms with van der Waals surface area (Å²) in [6.45, 7) is 16.7. The van der Waals surface area contributed by atoms with E-state index < -0.39 is 0 Å². The maximum Gasteiger partial charge on any atom is -0.0391 e. The van der Waals surface area contributed by atoms with E-state index >= 15 is 0 Å². The molecule has 0 aromatic heterocycles. The fraction of sp³-hybridized carbons (Fsp3) is 1.00. The molecule has 0 aliphatic carbocycles. The van der Waals surface area contributed by atoms with E-state index in [0.717, 1.165) is 29.6 Å². The minimum Gasteiger partial charge on any atom is -0.0654 e. The lowest BCUT2D eigenvalue weighted by Crippen LogP contribution is -2.20. The Morgan fingerprint density at radius 2 is 1.27 bits per heavy atom. The Hall–Kier alpha value is 0. The molecule has 0 spiro atoms. The summed E-state index contributed by atoms with van der Waals surface area (Å²) in [5, 5.41) is 0. The van der Waals surface area contributed by atoms with Crippen molar-refractivity contribution >= 4 is 0 Å². The van der Waals surface area contributed by atoms with Crippen molar-refractivity contribution in [2.24, 2.45) is 29.6 Å². The minimum absolute atomic E-state index is 0.834. The van der Waals surface area contributed by atoms with Gasteiger partial charge in [-0.15, -0.1) is 0 Å². The van der Waals surface area contributed by atoms with E-state index in [1.807, 2.05) is 0 Å². The van der Waals surface area contributed by atoms with Gasteiger partial charge in [0.05, 0.1) is 0 Å². The van der Waals surface area contributed by atoms with Crippen LogP contribution >= 0.6 is 0 Å². The first-order valence-corrected chi connectivity index (χ1v) is 6.90. The van der Waals surface area contributed by atoms with E-state index in [-0.39, 0.29) is 0 Å². The quantitative estimate of drug-likeness (QED) is 0.531. The van der Waals surface area contributed by atoms with Crippen LogP contribution in [0.2, 0.25) is 0 Å². The fourth-order valence-electron chi connectivity index (χ4n) is 2.35. The van der Waals surface area contributed by atoms with Crippen molar-refractivity contribution in [3.63, 3.8) is 0 Å². The Morgan fingerprint density at radius 3 is 1.67 bits per heavy atom. The predicted octanol–water partition coefficient (Wildman–Crippen LogP) is 5.38. The molecular formula is C15H32. The van der Waals surface area contributed by atoms with Crippen molar-refractivity contribution < 1.29 is 0 Å². The third kappa shape index (κ3) is 5.58. The maximum atomic E-state index is 2.44. The molecule has 4 unspecified atom stereocenters. The van der Waals surface area contributed by atoms with E-state index in [0.29, 0.717) is 0 Å². The second-order valence-electron chi connectivity index (χ2n) is 6.06. The standard InChI is InChI=1S/C15H32/c1-8-9-12(4)15(7)14(6)10-13(5)11(2)3/h11-15H,8-10H2,1-7H3. The number of hydrogen-bond donors (Lipinski definition) is 0. The summed E-state index contributed by atoms with van der Waals surface area (Å²) in [6.07, 6.45) is 4.12. The number of rotatable bonds is 7. The third-order valence-electron chi connectivity index (χ3n) is 4.42. The van der Waals surface area contributed by atoms with Gasteiger partial charge in [0.1, 0.15) is 0 Å². The van der Waals surface area contributed by atoms with Gasteiger partial charge in [-0.2, -0.15) is 0 Å². The Bertz CT molecular complexity index is 148. The van der Waals surface area contributed by atoms with E-state index in [1.165, 1.54) is 19.3 Å². The van der Waals surface area contributed by atoms with Crippen molar-refractivity contribution in [3.8, 4) is 0 Å². The molecule has 0 rings (SSSR count). The highest BCUT2D eigenvalue weighted by Crippen LogP contribution is 2.30. The van der Waals surface area contributed by atoms with Crippen LogP contribution in [-0.4, -0.2) is 0 Å². The number of hydrogen-bond acceptors (Lipinski definition) is 0. The smallest absolute Gasteiger partial charge is 0.0391 e. The molecule has 15 heavy (non-hydrogen) atoms. The van der Waals surface area contributed by atoms with Crippen LogP contribution in [-0.2, 0) is 0 Å². The average molecular weight is 212 g/mol. The fourth-order valence-corrected chi connectivity index (χ4v) is 2.35. The van der Waals surface area contributed by atoms with Crippen LogP contribution in [0.1, 0.15) is 67.7 Å². The molecule has 92 valence electrons. The highest BCUT2D eigenvalue weighted by Gasteiger charge is 2.21. The molecule has 4 atom stereocenters. The Kier molecular flexibility index (Phi) is 7.30. The molecule has 0 saturated heterocycles. The van der Waals surface area contributed by atoms with Crippen molar-refractivity contribution in [2.75, 3.05) is 0 Å². The Balaban J connectivity index is 4.02. The Labute approximate surface area is 97.8 Å². The van der Waals surface area contributed by atoms with E-state index in [9.17, 15) is 0 Å². The summed E-state index contributed by atoms with van der Waals surface area (Å²) in [6, 6.07) is 0. The summed E-state index contributed by atoms with van der Waals surface area (Å²) >= 11 is 0. The topological polar surface area (TPSA) is 0 Å². The first kappa shape index (κ1) is 15.0. The normalized spacial score (nSPS) is 20.0. The largest absolute Gasteiger partial charge is 0.0654 e. The van der Waals surface area contributed by atoms with Gasteiger partial charge in [0.15, 0.2) is 0 Å². The molecular weight excluding hydrogens is 180 g/mol. The van der Waals surface area contributed by atoms with Gasteiger partial charge in [-0.05, 0) is 36.0 Å². The van der Waals surface area contributed by atoms with Crippen LogP contribution < -0.4 is 0 Å². The lowest BCUT2D eigenvalue weighted by Gasteiger charge is -2.29. The summed E-state index contributed by atoms with van der Waals surface area (Å²) in [5.41, 5.74) is 0. The second kappa shape index (κ2) is 7.30. The third-order valence-corrected chi connectivity index (χ3v) is 4.42. The zero-order chi connectivity index (χ0) is 12.0. The van der Waals surface area contributed by atoms with Gasteiger partial charge in [-0.1, -0.05) is 61.3 Å². The molecule has 0 saturated carbocycles. The van der Waals surface area contributed by atoms with Gasteiger partial charge < -0.3 is 0 Å². The van der Waals surface area contributed by atoms with Crippen LogP contribution in [0.3, 0.4) is 0 Å². The highest BCUT2D eigenvalue weighted by molar-refractivity contribution is 4.71. The van der Waals surface area contributed by atoms with Crippen LogP contribution in [0.5, 0.6) is 0 Å². The molecule has 0 aliphatic heterocycles. The zero-order valence-electron chi connectivity index (χ0n) is 12.0. The summed E-state index contributed by atoms with van der Waals surface area (Å²) in [4.78, 5) is 0. The van der Waals surface area contributed by atoms with Crippen molar-refractivity contribution in [2.45, 2.75) is 67.7 Å². The second-order valence-corrected chi connectivity index (χ2v) is 6.06. The van der Waals surface area contributed by atoms with Crippen LogP contribution in [0, 0.1) is 29.6 Å². The van der Waals surface area contributed by atoms with Gasteiger partial charge in [0, 0.05) is 0 Å². The molecule has 0 N–H and O–H groups in total. The van der Waals surface area contributed by atoms with E-state index in [4.69, 9.17) is 0 Å². The summed E-state index contributed by atoms with van der Waals surface area (Å²) in [5.74, 6) is 4.36. The molecule has 0 aromatic carbocycles. The molecule has 0 nitrogen and oxygen atoms in total. The van der Waals surface area contributed by atoms with Gasteiger partial charge in [-0.3, -0.25) is 0 Å². The molecule has 0 aliphatic rings. The van der Waals surface area contributed by atoms with E-state index in [2.05, 4.69) is 48.5 Å².